The van der Waals surface area contributed by atoms with Crippen LogP contribution in [0.25, 0.3) is 123 Å². The summed E-state index contributed by atoms with van der Waals surface area (Å²) in [6.45, 7) is 0. The Kier molecular flexibility index (Phi) is 8.42. The smallest absolute Gasteiger partial charge is 0.164 e. The van der Waals surface area contributed by atoms with E-state index in [1.807, 2.05) is 72.8 Å². The van der Waals surface area contributed by atoms with Crippen molar-refractivity contribution in [3.8, 4) is 78.7 Å². The molecule has 5 heteroatoms. The zero-order valence-electron chi connectivity index (χ0n) is 33.4. The molecule has 0 saturated carbocycles. The van der Waals surface area contributed by atoms with Crippen molar-refractivity contribution < 1.29 is 8.83 Å². The molecule has 62 heavy (non-hydrogen) atoms. The van der Waals surface area contributed by atoms with E-state index in [4.69, 9.17) is 23.8 Å². The first-order chi connectivity index (χ1) is 30.7. The molecule has 0 amide bonds. The Labute approximate surface area is 357 Å². The van der Waals surface area contributed by atoms with Gasteiger partial charge in [0, 0.05) is 49.4 Å². The fraction of sp³-hybridized carbons (Fsp3) is 0. The van der Waals surface area contributed by atoms with E-state index in [-0.39, 0.29) is 0 Å². The Morgan fingerprint density at radius 1 is 0.258 bits per heavy atom. The average Bonchev–Trinajstić information content (AvgIpc) is 3.94. The first kappa shape index (κ1) is 35.5. The minimum Gasteiger partial charge on any atom is -0.455 e. The molecule has 0 unspecified atom stereocenters. The predicted molar refractivity (Wildman–Crippen MR) is 252 cm³/mol. The van der Waals surface area contributed by atoms with E-state index in [1.54, 1.807) is 0 Å². The Hall–Kier alpha value is -8.41. The molecule has 12 aromatic rings. The zero-order valence-corrected chi connectivity index (χ0v) is 33.4. The van der Waals surface area contributed by atoms with Gasteiger partial charge >= 0.3 is 0 Å². The lowest BCUT2D eigenvalue weighted by atomic mass is 9.93. The molecule has 0 radical (unpaired) electrons. The summed E-state index contributed by atoms with van der Waals surface area (Å²) >= 11 is 0. The minimum atomic E-state index is 0.555. The standard InChI is InChI=1S/C57H35N3O2/c1-6-17-36(18-7-1)42-30-32-44(38-21-10-3-11-22-38)53-50(42)47-35-41(29-34-48(47)61-53)56-58-55(40-25-14-5-15-26-40)59-57(60-56)46-27-16-28-49-51(46)52-43(37-19-8-2-9-20-37)31-33-45(54(52)62-49)39-23-12-4-13-24-39/h1-35H. The molecule has 0 spiro atoms. The van der Waals surface area contributed by atoms with Gasteiger partial charge in [-0.15, -0.1) is 0 Å². The number of furan rings is 2. The molecule has 12 rings (SSSR count). The van der Waals surface area contributed by atoms with Gasteiger partial charge in [-0.25, -0.2) is 15.0 Å². The highest BCUT2D eigenvalue weighted by atomic mass is 16.3. The van der Waals surface area contributed by atoms with Gasteiger partial charge in [0.1, 0.15) is 22.3 Å². The van der Waals surface area contributed by atoms with E-state index in [1.165, 1.54) is 0 Å². The van der Waals surface area contributed by atoms with E-state index >= 15 is 0 Å². The largest absolute Gasteiger partial charge is 0.455 e. The Morgan fingerprint density at radius 3 is 1.26 bits per heavy atom. The maximum Gasteiger partial charge on any atom is 0.164 e. The quantitative estimate of drug-likeness (QED) is 0.161. The van der Waals surface area contributed by atoms with Crippen molar-refractivity contribution in [1.82, 2.24) is 15.0 Å². The van der Waals surface area contributed by atoms with E-state index in [0.29, 0.717) is 17.5 Å². The van der Waals surface area contributed by atoms with Crippen LogP contribution in [0, 0.1) is 0 Å². The molecule has 5 nitrogen and oxygen atoms in total. The summed E-state index contributed by atoms with van der Waals surface area (Å²) in [6.07, 6.45) is 0. The predicted octanol–water partition coefficient (Wildman–Crippen LogP) is 15.3. The fourth-order valence-electron chi connectivity index (χ4n) is 8.88. The van der Waals surface area contributed by atoms with Gasteiger partial charge in [-0.3, -0.25) is 0 Å². The van der Waals surface area contributed by atoms with Crippen LogP contribution in [0.15, 0.2) is 221 Å². The second kappa shape index (κ2) is 14.7. The zero-order chi connectivity index (χ0) is 41.0. The maximum absolute atomic E-state index is 6.88. The first-order valence-corrected chi connectivity index (χ1v) is 20.8. The molecule has 290 valence electrons. The molecular weight excluding hydrogens is 759 g/mol. The molecule has 3 aromatic heterocycles. The number of rotatable bonds is 7. The molecule has 0 aliphatic heterocycles. The minimum absolute atomic E-state index is 0.555. The second-order valence-electron chi connectivity index (χ2n) is 15.5. The van der Waals surface area contributed by atoms with Crippen molar-refractivity contribution in [2.24, 2.45) is 0 Å². The maximum atomic E-state index is 6.88. The summed E-state index contributed by atoms with van der Waals surface area (Å²) < 4.78 is 13.7. The second-order valence-corrected chi connectivity index (χ2v) is 15.5. The normalized spacial score (nSPS) is 11.5. The molecule has 0 N–H and O–H groups in total. The van der Waals surface area contributed by atoms with E-state index in [0.717, 1.165) is 105 Å². The van der Waals surface area contributed by atoms with Gasteiger partial charge in [-0.1, -0.05) is 176 Å². The van der Waals surface area contributed by atoms with Crippen molar-refractivity contribution >= 4 is 43.9 Å². The number of nitrogens with zero attached hydrogens (tertiary/aromatic N) is 3. The lowest BCUT2D eigenvalue weighted by molar-refractivity contribution is 0.669. The van der Waals surface area contributed by atoms with Gasteiger partial charge in [0.25, 0.3) is 0 Å². The molecular formula is C57H35N3O2. The Morgan fingerprint density at radius 2 is 0.694 bits per heavy atom. The summed E-state index contributed by atoms with van der Waals surface area (Å²) in [5.74, 6) is 1.69. The monoisotopic (exact) mass is 793 g/mol. The van der Waals surface area contributed by atoms with Gasteiger partial charge in [-0.2, -0.15) is 0 Å². The van der Waals surface area contributed by atoms with Crippen LogP contribution in [0.1, 0.15) is 0 Å². The number of hydrogen-bond donors (Lipinski definition) is 0. The van der Waals surface area contributed by atoms with Crippen molar-refractivity contribution in [2.45, 2.75) is 0 Å². The lowest BCUT2D eigenvalue weighted by Crippen LogP contribution is -2.00. The van der Waals surface area contributed by atoms with Crippen LogP contribution in [-0.4, -0.2) is 15.0 Å². The number of benzene rings is 9. The van der Waals surface area contributed by atoms with E-state index in [9.17, 15) is 0 Å². The molecule has 0 saturated heterocycles. The van der Waals surface area contributed by atoms with Gasteiger partial charge in [-0.05, 0) is 69.8 Å². The van der Waals surface area contributed by atoms with Crippen molar-refractivity contribution in [3.63, 3.8) is 0 Å². The third kappa shape index (κ3) is 5.98. The van der Waals surface area contributed by atoms with Crippen LogP contribution < -0.4 is 0 Å². The average molecular weight is 794 g/mol. The van der Waals surface area contributed by atoms with Crippen LogP contribution in [0.2, 0.25) is 0 Å². The SMILES string of the molecule is c1ccc(-c2nc(-c3ccc4oc5c(-c6ccccc6)ccc(-c6ccccc6)c5c4c3)nc(-c3cccc4oc5c(-c6ccccc6)ccc(-c6ccccc6)c5c34)n2)cc1. The van der Waals surface area contributed by atoms with Crippen LogP contribution >= 0.6 is 0 Å². The number of fused-ring (bicyclic) bond motifs is 6. The fourth-order valence-corrected chi connectivity index (χ4v) is 8.88. The van der Waals surface area contributed by atoms with Gasteiger partial charge in [0.05, 0.1) is 0 Å². The van der Waals surface area contributed by atoms with Crippen LogP contribution in [0.5, 0.6) is 0 Å². The van der Waals surface area contributed by atoms with E-state index < -0.39 is 0 Å². The molecule has 9 aromatic carbocycles. The van der Waals surface area contributed by atoms with Crippen LogP contribution in [-0.2, 0) is 0 Å². The van der Waals surface area contributed by atoms with Crippen LogP contribution in [0.4, 0.5) is 0 Å². The van der Waals surface area contributed by atoms with E-state index in [2.05, 4.69) is 140 Å². The number of aromatic nitrogens is 3. The lowest BCUT2D eigenvalue weighted by Gasteiger charge is -2.11. The van der Waals surface area contributed by atoms with Gasteiger partial charge in [0.2, 0.25) is 0 Å². The summed E-state index contributed by atoms with van der Waals surface area (Å²) in [6, 6.07) is 73.1. The Bertz CT molecular complexity index is 3600. The summed E-state index contributed by atoms with van der Waals surface area (Å²) in [4.78, 5) is 15.8. The third-order valence-corrected chi connectivity index (χ3v) is 11.8. The molecule has 0 atom stereocenters. The van der Waals surface area contributed by atoms with Crippen LogP contribution in [0.3, 0.4) is 0 Å². The Balaban J connectivity index is 1.12. The summed E-state index contributed by atoms with van der Waals surface area (Å²) in [7, 11) is 0. The number of hydrogen-bond acceptors (Lipinski definition) is 5. The van der Waals surface area contributed by atoms with Crippen molar-refractivity contribution in [3.05, 3.63) is 212 Å². The summed E-state index contributed by atoms with van der Waals surface area (Å²) in [5.41, 5.74) is 14.4. The first-order valence-electron chi connectivity index (χ1n) is 20.8. The molecule has 0 bridgehead atoms. The highest BCUT2D eigenvalue weighted by Gasteiger charge is 2.23. The molecule has 0 fully saturated rings. The van der Waals surface area contributed by atoms with Gasteiger partial charge in [0.15, 0.2) is 17.5 Å². The van der Waals surface area contributed by atoms with Gasteiger partial charge < -0.3 is 8.83 Å². The highest BCUT2D eigenvalue weighted by molar-refractivity contribution is 6.21. The topological polar surface area (TPSA) is 65.0 Å². The van der Waals surface area contributed by atoms with Crippen molar-refractivity contribution in [2.75, 3.05) is 0 Å². The third-order valence-electron chi connectivity index (χ3n) is 11.8. The highest BCUT2D eigenvalue weighted by Crippen LogP contribution is 2.46. The molecule has 3 heterocycles. The van der Waals surface area contributed by atoms with Crippen molar-refractivity contribution in [1.29, 1.82) is 0 Å². The summed E-state index contributed by atoms with van der Waals surface area (Å²) in [5, 5.41) is 4.00. The molecule has 0 aliphatic rings. The molecule has 0 aliphatic carbocycles.